The lowest BCUT2D eigenvalue weighted by atomic mass is 9.45. The second kappa shape index (κ2) is 8.38. The zero-order valence-electron chi connectivity index (χ0n) is 20.4. The molecule has 0 aromatic rings. The highest BCUT2D eigenvalue weighted by atomic mass is 35.5. The van der Waals surface area contributed by atoms with Gasteiger partial charge in [-0.2, -0.15) is 0 Å². The molecule has 3 fully saturated rings. The molecule has 0 unspecified atom stereocenters. The molecule has 8 heteroatoms. The van der Waals surface area contributed by atoms with Gasteiger partial charge in [0.05, 0.1) is 11.1 Å². The fraction of sp³-hybridized carbons (Fsp3) is 0.731. The minimum Gasteiger partial charge on any atom is -0.499 e. The van der Waals surface area contributed by atoms with E-state index in [0.717, 1.165) is 0 Å². The van der Waals surface area contributed by atoms with Crippen LogP contribution in [-0.4, -0.2) is 44.9 Å². The lowest BCUT2D eigenvalue weighted by molar-refractivity contribution is -0.187. The van der Waals surface area contributed by atoms with Crippen molar-refractivity contribution in [3.63, 3.8) is 0 Å². The van der Waals surface area contributed by atoms with Gasteiger partial charge >= 0.3 is 5.97 Å². The number of Topliss-reactive ketones (excluding diaryl/α,β-unsaturated/α-hetero) is 1. The van der Waals surface area contributed by atoms with Gasteiger partial charge in [0, 0.05) is 29.1 Å². The van der Waals surface area contributed by atoms with Crippen molar-refractivity contribution in [1.82, 2.24) is 0 Å². The number of thiocarbonyl (C=S) groups is 1. The fourth-order valence-electron chi connectivity index (χ4n) is 8.19. The molecular formula is C26H34ClFO5S. The summed E-state index contributed by atoms with van der Waals surface area (Å²) in [6, 6.07) is 0. The summed E-state index contributed by atoms with van der Waals surface area (Å²) in [5.74, 6) is -1.91. The van der Waals surface area contributed by atoms with E-state index in [-0.39, 0.29) is 59.3 Å². The highest BCUT2D eigenvalue weighted by Gasteiger charge is 2.73. The molecule has 5 nitrogen and oxygen atoms in total. The van der Waals surface area contributed by atoms with Crippen LogP contribution in [0, 0.1) is 34.5 Å². The lowest BCUT2D eigenvalue weighted by Crippen LogP contribution is -2.64. The maximum absolute atomic E-state index is 15.8. The molecule has 0 bridgehead atoms. The number of hydrogen-bond donors (Lipinski definition) is 2. The smallest absolute Gasteiger partial charge is 0.306 e. The first-order valence-corrected chi connectivity index (χ1v) is 13.0. The Hall–Kier alpha value is -1.31. The molecule has 4 rings (SSSR count). The van der Waals surface area contributed by atoms with E-state index in [1.807, 2.05) is 33.8 Å². The summed E-state index contributed by atoms with van der Waals surface area (Å²) in [6.45, 7) is 9.21. The average Bonchev–Trinajstić information content (AvgIpc) is 2.97. The van der Waals surface area contributed by atoms with E-state index in [9.17, 15) is 19.8 Å². The van der Waals surface area contributed by atoms with E-state index in [1.54, 1.807) is 6.92 Å². The van der Waals surface area contributed by atoms with Gasteiger partial charge in [-0.1, -0.05) is 52.3 Å². The molecule has 3 saturated carbocycles. The van der Waals surface area contributed by atoms with Crippen LogP contribution in [-0.2, 0) is 14.3 Å². The second-order valence-corrected chi connectivity index (χ2v) is 11.8. The topological polar surface area (TPSA) is 83.8 Å². The van der Waals surface area contributed by atoms with Crippen LogP contribution >= 0.6 is 23.8 Å². The zero-order valence-corrected chi connectivity index (χ0v) is 21.9. The van der Waals surface area contributed by atoms with Crippen LogP contribution in [0.2, 0.25) is 0 Å². The van der Waals surface area contributed by atoms with Crippen molar-refractivity contribution >= 4 is 40.6 Å². The van der Waals surface area contributed by atoms with Gasteiger partial charge < -0.3 is 14.9 Å². The largest absolute Gasteiger partial charge is 0.499 e. The van der Waals surface area contributed by atoms with E-state index < -0.39 is 39.7 Å². The normalized spacial score (nSPS) is 45.8. The number of alkyl halides is 1. The first kappa shape index (κ1) is 25.8. The molecule has 0 aliphatic heterocycles. The lowest BCUT2D eigenvalue weighted by Gasteiger charge is -2.60. The first-order chi connectivity index (χ1) is 15.8. The molecule has 4 aliphatic rings. The van der Waals surface area contributed by atoms with Crippen molar-refractivity contribution in [2.24, 2.45) is 34.5 Å². The number of carbonyl (C=O) groups excluding carboxylic acids is 2. The first-order valence-electron chi connectivity index (χ1n) is 12.2. The fourth-order valence-corrected chi connectivity index (χ4v) is 9.11. The third-order valence-electron chi connectivity index (χ3n) is 9.52. The molecule has 188 valence electrons. The van der Waals surface area contributed by atoms with Gasteiger partial charge in [-0.05, 0) is 60.9 Å². The molecule has 9 atom stereocenters. The van der Waals surface area contributed by atoms with E-state index >= 15 is 4.39 Å². The number of ether oxygens (including phenoxy) is 1. The Morgan fingerprint density at radius 3 is 2.53 bits per heavy atom. The Kier molecular flexibility index (Phi) is 6.35. The number of rotatable bonds is 4. The number of halogens is 2. The molecule has 0 spiro atoms. The highest BCUT2D eigenvalue weighted by molar-refractivity contribution is 7.80. The van der Waals surface area contributed by atoms with Crippen LogP contribution in [0.15, 0.2) is 22.3 Å². The summed E-state index contributed by atoms with van der Waals surface area (Å²) in [5.41, 5.74) is -2.40. The summed E-state index contributed by atoms with van der Waals surface area (Å²) < 4.78 is 21.8. The number of esters is 1. The average molecular weight is 513 g/mol. The summed E-state index contributed by atoms with van der Waals surface area (Å²) in [5, 5.41) is 21.9. The van der Waals surface area contributed by atoms with Crippen molar-refractivity contribution in [2.75, 3.05) is 0 Å². The Morgan fingerprint density at radius 2 is 1.97 bits per heavy atom. The molecular weight excluding hydrogens is 479 g/mol. The zero-order chi connectivity index (χ0) is 25.4. The molecule has 0 heterocycles. The van der Waals surface area contributed by atoms with Crippen LogP contribution in [0.4, 0.5) is 4.39 Å². The van der Waals surface area contributed by atoms with Gasteiger partial charge in [0.15, 0.2) is 11.4 Å². The van der Waals surface area contributed by atoms with Gasteiger partial charge in [0.2, 0.25) is 5.05 Å². The number of carbonyl (C=O) groups is 2. The van der Waals surface area contributed by atoms with E-state index in [1.165, 1.54) is 0 Å². The number of ketones is 1. The Balaban J connectivity index is 1.86. The third-order valence-corrected chi connectivity index (χ3v) is 10.2. The van der Waals surface area contributed by atoms with Crippen molar-refractivity contribution in [3.05, 3.63) is 22.3 Å². The maximum Gasteiger partial charge on any atom is 0.306 e. The van der Waals surface area contributed by atoms with Crippen LogP contribution in [0.5, 0.6) is 0 Å². The van der Waals surface area contributed by atoms with Gasteiger partial charge in [-0.15, -0.1) is 0 Å². The summed E-state index contributed by atoms with van der Waals surface area (Å²) in [6.07, 6.45) is 0.988. The van der Waals surface area contributed by atoms with Gasteiger partial charge in [0.1, 0.15) is 6.17 Å². The summed E-state index contributed by atoms with van der Waals surface area (Å²) >= 11 is 11.7. The summed E-state index contributed by atoms with van der Waals surface area (Å²) in [7, 11) is 0. The quantitative estimate of drug-likeness (QED) is 0.388. The van der Waals surface area contributed by atoms with Gasteiger partial charge in [0.25, 0.3) is 0 Å². The molecule has 34 heavy (non-hydrogen) atoms. The second-order valence-electron chi connectivity index (χ2n) is 11.1. The number of hydrogen-bond acceptors (Lipinski definition) is 5. The van der Waals surface area contributed by atoms with Crippen LogP contribution in [0.25, 0.3) is 0 Å². The monoisotopic (exact) mass is 512 g/mol. The van der Waals surface area contributed by atoms with Crippen molar-refractivity contribution < 1.29 is 28.9 Å². The molecule has 0 saturated heterocycles. The minimum absolute atomic E-state index is 0.0594. The standard InChI is InChI=1S/C26H34ClFO5S/c1-6-13-10-24(4)19-14(9-16(28)20(24)21(27)22(13)31)15-8-12(3)26(23(32)34,33-18(30)7-2)25(15,5)11-17(19)29/h10,12,14-17,19,29H,6-9,11H2,1-5H3,(H,32,34)/t12-,14-,15-,16-,17-,19+,24+,25-,26-/m0/s1. The molecule has 0 aromatic heterocycles. The highest BCUT2D eigenvalue weighted by Crippen LogP contribution is 2.70. The predicted molar refractivity (Wildman–Crippen MR) is 131 cm³/mol. The molecule has 0 aromatic carbocycles. The number of allylic oxidation sites excluding steroid dienone is 4. The SMILES string of the molecule is CCC(=O)O[C@]1(C(O)=S)[C@@H](C)C[C@H]2[C@@H]3C[C@H](F)C4=C(Cl)C(=O)C(CC)=C[C@]4(C)[C@H]3[C@@H](O)C[C@@]21C. The third kappa shape index (κ3) is 3.15. The minimum atomic E-state index is -1.43. The number of aliphatic hydroxyl groups is 2. The molecule has 4 aliphatic carbocycles. The number of aliphatic hydroxyl groups excluding tert-OH is 2. The Morgan fingerprint density at radius 1 is 1.32 bits per heavy atom. The van der Waals surface area contributed by atoms with Crippen molar-refractivity contribution in [2.45, 2.75) is 84.6 Å². The van der Waals surface area contributed by atoms with Gasteiger partial charge in [-0.25, -0.2) is 4.39 Å². The van der Waals surface area contributed by atoms with Crippen molar-refractivity contribution in [3.8, 4) is 0 Å². The van der Waals surface area contributed by atoms with E-state index in [0.29, 0.717) is 18.4 Å². The Bertz CT molecular complexity index is 1010. The van der Waals surface area contributed by atoms with Gasteiger partial charge in [-0.3, -0.25) is 9.59 Å². The Labute approximate surface area is 210 Å². The van der Waals surface area contributed by atoms with E-state index in [2.05, 4.69) is 0 Å². The van der Waals surface area contributed by atoms with Crippen LogP contribution in [0.3, 0.4) is 0 Å². The summed E-state index contributed by atoms with van der Waals surface area (Å²) in [4.78, 5) is 25.2. The van der Waals surface area contributed by atoms with E-state index in [4.69, 9.17) is 28.6 Å². The number of fused-ring (bicyclic) bond motifs is 5. The van der Waals surface area contributed by atoms with Crippen molar-refractivity contribution in [1.29, 1.82) is 0 Å². The van der Waals surface area contributed by atoms with Crippen LogP contribution < -0.4 is 0 Å². The maximum atomic E-state index is 15.8. The van der Waals surface area contributed by atoms with Crippen LogP contribution in [0.1, 0.15) is 66.7 Å². The molecule has 0 amide bonds. The molecule has 0 radical (unpaired) electrons. The predicted octanol–water partition coefficient (Wildman–Crippen LogP) is 5.38. The molecule has 2 N–H and O–H groups in total.